The second kappa shape index (κ2) is 9.25. The predicted molar refractivity (Wildman–Crippen MR) is 108 cm³/mol. The Morgan fingerprint density at radius 1 is 0.926 bits per heavy atom. The summed E-state index contributed by atoms with van der Waals surface area (Å²) >= 11 is 0. The maximum Gasteiger partial charge on any atom is 0.248 e. The van der Waals surface area contributed by atoms with Crippen LogP contribution in [0.4, 0.5) is 5.69 Å². The van der Waals surface area contributed by atoms with Crippen LogP contribution in [-0.2, 0) is 11.4 Å². The van der Waals surface area contributed by atoms with Gasteiger partial charge in [-0.15, -0.1) is 0 Å². The number of ether oxygens (including phenoxy) is 2. The Morgan fingerprint density at radius 3 is 2.44 bits per heavy atom. The van der Waals surface area contributed by atoms with Crippen molar-refractivity contribution in [3.63, 3.8) is 0 Å². The molecule has 0 aliphatic rings. The summed E-state index contributed by atoms with van der Waals surface area (Å²) in [6, 6.07) is 24.8. The van der Waals surface area contributed by atoms with Crippen molar-refractivity contribution in [2.45, 2.75) is 6.61 Å². The largest absolute Gasteiger partial charge is 0.497 e. The summed E-state index contributed by atoms with van der Waals surface area (Å²) in [5, 5.41) is 2.81. The number of nitrogens with one attached hydrogen (secondary N) is 1. The van der Waals surface area contributed by atoms with Gasteiger partial charge in [-0.05, 0) is 53.6 Å². The first-order chi connectivity index (χ1) is 13.2. The minimum Gasteiger partial charge on any atom is -0.497 e. The molecule has 1 N–H and O–H groups in total. The van der Waals surface area contributed by atoms with Gasteiger partial charge in [-0.3, -0.25) is 4.79 Å². The van der Waals surface area contributed by atoms with E-state index in [1.807, 2.05) is 54.6 Å². The monoisotopic (exact) mass is 359 g/mol. The predicted octanol–water partition coefficient (Wildman–Crippen LogP) is 4.93. The summed E-state index contributed by atoms with van der Waals surface area (Å²) in [6.45, 7) is 0.506. The van der Waals surface area contributed by atoms with E-state index in [1.165, 1.54) is 6.08 Å². The van der Waals surface area contributed by atoms with Gasteiger partial charge in [0.15, 0.2) is 0 Å². The molecular weight excluding hydrogens is 338 g/mol. The third-order valence-corrected chi connectivity index (χ3v) is 3.89. The number of rotatable bonds is 7. The van der Waals surface area contributed by atoms with E-state index in [0.717, 1.165) is 22.6 Å². The fourth-order valence-electron chi connectivity index (χ4n) is 2.48. The molecule has 0 aliphatic heterocycles. The number of hydrogen-bond donors (Lipinski definition) is 1. The molecule has 1 amide bonds. The number of methoxy groups -OCH3 is 1. The topological polar surface area (TPSA) is 47.6 Å². The van der Waals surface area contributed by atoms with Crippen LogP contribution in [0.1, 0.15) is 11.1 Å². The molecule has 0 heterocycles. The maximum absolute atomic E-state index is 12.1. The zero-order valence-electron chi connectivity index (χ0n) is 15.1. The molecule has 0 aromatic heterocycles. The molecule has 0 unspecified atom stereocenters. The lowest BCUT2D eigenvalue weighted by molar-refractivity contribution is -0.111. The molecule has 3 aromatic rings. The Morgan fingerprint density at radius 2 is 1.70 bits per heavy atom. The molecule has 0 radical (unpaired) electrons. The number of benzene rings is 3. The lowest BCUT2D eigenvalue weighted by atomic mass is 10.2. The molecular formula is C23H21NO3. The Balaban J connectivity index is 1.56. The Labute approximate surface area is 159 Å². The van der Waals surface area contributed by atoms with Crippen LogP contribution in [0.3, 0.4) is 0 Å². The molecule has 3 aromatic carbocycles. The van der Waals surface area contributed by atoms with Crippen LogP contribution in [-0.4, -0.2) is 13.0 Å². The van der Waals surface area contributed by atoms with E-state index >= 15 is 0 Å². The van der Waals surface area contributed by atoms with Crippen molar-refractivity contribution >= 4 is 17.7 Å². The molecule has 0 atom stereocenters. The molecule has 0 bridgehead atoms. The van der Waals surface area contributed by atoms with Crippen LogP contribution >= 0.6 is 0 Å². The smallest absolute Gasteiger partial charge is 0.248 e. The van der Waals surface area contributed by atoms with E-state index in [9.17, 15) is 4.79 Å². The minimum atomic E-state index is -0.198. The second-order valence-corrected chi connectivity index (χ2v) is 5.90. The summed E-state index contributed by atoms with van der Waals surface area (Å²) in [5.74, 6) is 1.31. The van der Waals surface area contributed by atoms with Crippen molar-refractivity contribution in [3.8, 4) is 11.5 Å². The fraction of sp³-hybridized carbons (Fsp3) is 0.0870. The van der Waals surface area contributed by atoms with Crippen LogP contribution in [0.15, 0.2) is 84.9 Å². The number of hydrogen-bond acceptors (Lipinski definition) is 3. The van der Waals surface area contributed by atoms with Crippen LogP contribution in [0.25, 0.3) is 6.08 Å². The Kier molecular flexibility index (Phi) is 6.26. The average molecular weight is 359 g/mol. The molecule has 4 heteroatoms. The van der Waals surface area contributed by atoms with E-state index in [1.54, 1.807) is 37.5 Å². The minimum absolute atomic E-state index is 0.198. The zero-order chi connectivity index (χ0) is 18.9. The maximum atomic E-state index is 12.1. The molecule has 136 valence electrons. The van der Waals surface area contributed by atoms with Gasteiger partial charge in [0.25, 0.3) is 0 Å². The third-order valence-electron chi connectivity index (χ3n) is 3.89. The fourth-order valence-corrected chi connectivity index (χ4v) is 2.48. The normalized spacial score (nSPS) is 10.6. The second-order valence-electron chi connectivity index (χ2n) is 5.90. The Bertz CT molecular complexity index is 902. The van der Waals surface area contributed by atoms with Crippen molar-refractivity contribution in [2.75, 3.05) is 12.4 Å². The van der Waals surface area contributed by atoms with Gasteiger partial charge in [-0.25, -0.2) is 0 Å². The summed E-state index contributed by atoms with van der Waals surface area (Å²) in [7, 11) is 1.61. The highest BCUT2D eigenvalue weighted by atomic mass is 16.5. The number of carbonyl (C=O) groups excluding carboxylic acids is 1. The molecule has 0 fully saturated rings. The van der Waals surface area contributed by atoms with Gasteiger partial charge >= 0.3 is 0 Å². The van der Waals surface area contributed by atoms with Gasteiger partial charge in [0, 0.05) is 11.8 Å². The summed E-state index contributed by atoms with van der Waals surface area (Å²) < 4.78 is 10.9. The summed E-state index contributed by atoms with van der Waals surface area (Å²) in [4.78, 5) is 12.1. The van der Waals surface area contributed by atoms with Gasteiger partial charge < -0.3 is 14.8 Å². The first-order valence-corrected chi connectivity index (χ1v) is 8.63. The van der Waals surface area contributed by atoms with Crippen LogP contribution in [0, 0.1) is 0 Å². The van der Waals surface area contributed by atoms with Crippen LogP contribution in [0.5, 0.6) is 11.5 Å². The van der Waals surface area contributed by atoms with Crippen molar-refractivity contribution in [1.29, 1.82) is 0 Å². The number of amides is 1. The lowest BCUT2D eigenvalue weighted by Gasteiger charge is -2.07. The standard InChI is InChI=1S/C23H21NO3/c1-26-21-13-11-20(12-14-21)24-23(25)15-10-18-8-5-9-22(16-18)27-17-19-6-3-2-4-7-19/h2-16H,17H2,1H3,(H,24,25)/b15-10+. The van der Waals surface area contributed by atoms with Crippen LogP contribution < -0.4 is 14.8 Å². The van der Waals surface area contributed by atoms with Crippen molar-refractivity contribution in [3.05, 3.63) is 96.1 Å². The van der Waals surface area contributed by atoms with Crippen LogP contribution in [0.2, 0.25) is 0 Å². The molecule has 0 aliphatic carbocycles. The van der Waals surface area contributed by atoms with Gasteiger partial charge in [-0.1, -0.05) is 42.5 Å². The lowest BCUT2D eigenvalue weighted by Crippen LogP contribution is -2.07. The first kappa shape index (κ1) is 18.3. The highest BCUT2D eigenvalue weighted by Gasteiger charge is 2.00. The third kappa shape index (κ3) is 5.75. The van der Waals surface area contributed by atoms with E-state index in [-0.39, 0.29) is 5.91 Å². The van der Waals surface area contributed by atoms with E-state index in [0.29, 0.717) is 12.3 Å². The van der Waals surface area contributed by atoms with Gasteiger partial charge in [0.1, 0.15) is 18.1 Å². The highest BCUT2D eigenvalue weighted by Crippen LogP contribution is 2.17. The number of anilines is 1. The van der Waals surface area contributed by atoms with E-state index < -0.39 is 0 Å². The molecule has 0 saturated heterocycles. The molecule has 0 spiro atoms. The first-order valence-electron chi connectivity index (χ1n) is 8.63. The van der Waals surface area contributed by atoms with Gasteiger partial charge in [0.2, 0.25) is 5.91 Å². The summed E-state index contributed by atoms with van der Waals surface area (Å²) in [5.41, 5.74) is 2.72. The van der Waals surface area contributed by atoms with E-state index in [4.69, 9.17) is 9.47 Å². The van der Waals surface area contributed by atoms with Gasteiger partial charge in [0.05, 0.1) is 7.11 Å². The highest BCUT2D eigenvalue weighted by molar-refractivity contribution is 6.01. The SMILES string of the molecule is COc1ccc(NC(=O)/C=C/c2cccc(OCc3ccccc3)c2)cc1. The van der Waals surface area contributed by atoms with Crippen molar-refractivity contribution < 1.29 is 14.3 Å². The Hall–Kier alpha value is -3.53. The van der Waals surface area contributed by atoms with Crippen molar-refractivity contribution in [1.82, 2.24) is 0 Å². The van der Waals surface area contributed by atoms with Crippen molar-refractivity contribution in [2.24, 2.45) is 0 Å². The zero-order valence-corrected chi connectivity index (χ0v) is 15.1. The quantitative estimate of drug-likeness (QED) is 0.609. The summed E-state index contributed by atoms with van der Waals surface area (Å²) in [6.07, 6.45) is 3.26. The average Bonchev–Trinajstić information content (AvgIpc) is 2.72. The number of carbonyl (C=O) groups is 1. The van der Waals surface area contributed by atoms with Gasteiger partial charge in [-0.2, -0.15) is 0 Å². The molecule has 27 heavy (non-hydrogen) atoms. The van der Waals surface area contributed by atoms with E-state index in [2.05, 4.69) is 5.32 Å². The molecule has 4 nitrogen and oxygen atoms in total. The molecule has 3 rings (SSSR count). The molecule has 0 saturated carbocycles.